The third-order valence-electron chi connectivity index (χ3n) is 6.82. The van der Waals surface area contributed by atoms with Crippen LogP contribution in [0, 0.1) is 0 Å². The molecular weight excluding hydrogens is 436 g/mol. The van der Waals surface area contributed by atoms with Crippen molar-refractivity contribution in [3.8, 4) is 11.1 Å². The number of benzene rings is 2. The summed E-state index contributed by atoms with van der Waals surface area (Å²) in [4.78, 5) is 38.4. The van der Waals surface area contributed by atoms with E-state index in [-0.39, 0.29) is 37.4 Å². The number of carboxylic acids is 1. The molecule has 2 aliphatic carbocycles. The topological polar surface area (TPSA) is 105 Å². The highest BCUT2D eigenvalue weighted by molar-refractivity contribution is 5.84. The molecule has 0 unspecified atom stereocenters. The standard InChI is InChI=1S/C26H28N2O6/c29-23(30)11-13-28(16-9-10-16)25(31)24-22(12-14-33-24)27-26(32)34-15-21-19-7-3-1-5-17(19)18-6-2-4-8-20(18)21/h1-8,16,21-22,24H,9-15H2,(H,27,32)(H,29,30)/t22-,24+/m1/s1. The second kappa shape index (κ2) is 9.46. The van der Waals surface area contributed by atoms with E-state index in [4.69, 9.17) is 14.6 Å². The minimum absolute atomic E-state index is 0.0446. The van der Waals surface area contributed by atoms with Crippen LogP contribution in [0.15, 0.2) is 48.5 Å². The molecule has 2 N–H and O–H groups in total. The van der Waals surface area contributed by atoms with Crippen LogP contribution in [-0.4, -0.2) is 65.9 Å². The smallest absolute Gasteiger partial charge is 0.407 e. The molecule has 0 aromatic heterocycles. The number of amides is 2. The van der Waals surface area contributed by atoms with Gasteiger partial charge in [-0.2, -0.15) is 0 Å². The SMILES string of the molecule is O=C(O)CCN(C(=O)[C@H]1OCC[C@H]1NC(=O)OCC1c2ccccc2-c2ccccc21)C1CC1. The average Bonchev–Trinajstić information content (AvgIpc) is 3.48. The van der Waals surface area contributed by atoms with Gasteiger partial charge in [0, 0.05) is 25.1 Å². The molecule has 1 aliphatic heterocycles. The lowest BCUT2D eigenvalue weighted by atomic mass is 9.98. The molecule has 2 amide bonds. The van der Waals surface area contributed by atoms with Gasteiger partial charge in [-0.3, -0.25) is 9.59 Å². The maximum Gasteiger partial charge on any atom is 0.407 e. The van der Waals surface area contributed by atoms with Crippen molar-refractivity contribution in [1.82, 2.24) is 10.2 Å². The quantitative estimate of drug-likeness (QED) is 0.622. The van der Waals surface area contributed by atoms with Gasteiger partial charge >= 0.3 is 12.1 Å². The number of carbonyl (C=O) groups is 3. The number of hydrogen-bond acceptors (Lipinski definition) is 5. The first kappa shape index (κ1) is 22.4. The Kier molecular flexibility index (Phi) is 6.24. The van der Waals surface area contributed by atoms with Gasteiger partial charge in [-0.15, -0.1) is 0 Å². The van der Waals surface area contributed by atoms with E-state index in [9.17, 15) is 14.4 Å². The largest absolute Gasteiger partial charge is 0.481 e. The minimum atomic E-state index is -0.945. The summed E-state index contributed by atoms with van der Waals surface area (Å²) >= 11 is 0. The van der Waals surface area contributed by atoms with Gasteiger partial charge in [-0.1, -0.05) is 48.5 Å². The van der Waals surface area contributed by atoms with Gasteiger partial charge in [-0.25, -0.2) is 4.79 Å². The number of carbonyl (C=O) groups excluding carboxylic acids is 2. The van der Waals surface area contributed by atoms with E-state index in [1.807, 2.05) is 24.3 Å². The summed E-state index contributed by atoms with van der Waals surface area (Å²) in [5.74, 6) is -1.25. The Bertz CT molecular complexity index is 1050. The average molecular weight is 465 g/mol. The Hall–Kier alpha value is -3.39. The van der Waals surface area contributed by atoms with Crippen molar-refractivity contribution in [2.24, 2.45) is 0 Å². The highest BCUT2D eigenvalue weighted by Gasteiger charge is 2.42. The molecule has 2 atom stereocenters. The maximum atomic E-state index is 13.1. The van der Waals surface area contributed by atoms with Crippen LogP contribution in [0.1, 0.15) is 42.7 Å². The van der Waals surface area contributed by atoms with Gasteiger partial charge in [0.25, 0.3) is 5.91 Å². The van der Waals surface area contributed by atoms with Crippen molar-refractivity contribution in [1.29, 1.82) is 0 Å². The number of fused-ring (bicyclic) bond motifs is 3. The fourth-order valence-electron chi connectivity index (χ4n) is 5.01. The lowest BCUT2D eigenvalue weighted by molar-refractivity contribution is -0.144. The van der Waals surface area contributed by atoms with Gasteiger partial charge in [0.1, 0.15) is 6.61 Å². The third-order valence-corrected chi connectivity index (χ3v) is 6.82. The van der Waals surface area contributed by atoms with Crippen LogP contribution >= 0.6 is 0 Å². The number of nitrogens with one attached hydrogen (secondary N) is 1. The highest BCUT2D eigenvalue weighted by atomic mass is 16.6. The molecular formula is C26H28N2O6. The summed E-state index contributed by atoms with van der Waals surface area (Å²) in [5.41, 5.74) is 4.58. The number of ether oxygens (including phenoxy) is 2. The second-order valence-corrected chi connectivity index (χ2v) is 9.06. The summed E-state index contributed by atoms with van der Waals surface area (Å²) in [6, 6.07) is 15.8. The first-order valence-electron chi connectivity index (χ1n) is 11.8. The molecule has 1 heterocycles. The molecule has 3 aliphatic rings. The molecule has 1 saturated heterocycles. The van der Waals surface area contributed by atoms with Gasteiger partial charge in [0.15, 0.2) is 6.10 Å². The Morgan fingerprint density at radius 1 is 1.00 bits per heavy atom. The summed E-state index contributed by atoms with van der Waals surface area (Å²) in [7, 11) is 0. The molecule has 2 fully saturated rings. The van der Waals surface area contributed by atoms with Gasteiger partial charge < -0.3 is 24.8 Å². The molecule has 178 valence electrons. The van der Waals surface area contributed by atoms with E-state index < -0.39 is 24.2 Å². The number of nitrogens with zero attached hydrogens (tertiary/aromatic N) is 1. The number of rotatable bonds is 8. The van der Waals surface area contributed by atoms with Crippen molar-refractivity contribution >= 4 is 18.0 Å². The predicted octanol–water partition coefficient (Wildman–Crippen LogP) is 3.15. The van der Waals surface area contributed by atoms with Crippen molar-refractivity contribution in [3.05, 3.63) is 59.7 Å². The number of carboxylic acid groups (broad SMARTS) is 1. The molecule has 34 heavy (non-hydrogen) atoms. The van der Waals surface area contributed by atoms with Crippen LogP contribution in [0.5, 0.6) is 0 Å². The second-order valence-electron chi connectivity index (χ2n) is 9.06. The lowest BCUT2D eigenvalue weighted by Gasteiger charge is -2.27. The Morgan fingerprint density at radius 2 is 1.65 bits per heavy atom. The van der Waals surface area contributed by atoms with E-state index in [2.05, 4.69) is 29.6 Å². The van der Waals surface area contributed by atoms with Crippen LogP contribution in [-0.2, 0) is 19.1 Å². The van der Waals surface area contributed by atoms with E-state index in [1.54, 1.807) is 4.90 Å². The fraction of sp³-hybridized carbons (Fsp3) is 0.423. The molecule has 5 rings (SSSR count). The Labute approximate surface area is 197 Å². The Morgan fingerprint density at radius 3 is 2.26 bits per heavy atom. The predicted molar refractivity (Wildman–Crippen MR) is 123 cm³/mol. The van der Waals surface area contributed by atoms with Crippen molar-refractivity contribution in [2.75, 3.05) is 19.8 Å². The maximum absolute atomic E-state index is 13.1. The van der Waals surface area contributed by atoms with Gasteiger partial charge in [-0.05, 0) is 41.5 Å². The summed E-state index contributed by atoms with van der Waals surface area (Å²) in [5, 5.41) is 11.8. The monoisotopic (exact) mass is 464 g/mol. The number of hydrogen-bond donors (Lipinski definition) is 2. The van der Waals surface area contributed by atoms with Crippen LogP contribution in [0.4, 0.5) is 4.79 Å². The van der Waals surface area contributed by atoms with E-state index in [0.717, 1.165) is 35.1 Å². The highest BCUT2D eigenvalue weighted by Crippen LogP contribution is 2.44. The number of aliphatic carboxylic acids is 1. The normalized spacial score (nSPS) is 20.9. The van der Waals surface area contributed by atoms with Crippen LogP contribution in [0.3, 0.4) is 0 Å². The van der Waals surface area contributed by atoms with E-state index in [0.29, 0.717) is 13.0 Å². The fourth-order valence-corrected chi connectivity index (χ4v) is 5.01. The minimum Gasteiger partial charge on any atom is -0.481 e. The van der Waals surface area contributed by atoms with Crippen molar-refractivity contribution in [3.63, 3.8) is 0 Å². The lowest BCUT2D eigenvalue weighted by Crippen LogP contribution is -2.50. The summed E-state index contributed by atoms with van der Waals surface area (Å²) < 4.78 is 11.3. The number of alkyl carbamates (subject to hydrolysis) is 1. The first-order chi connectivity index (χ1) is 16.5. The molecule has 1 saturated carbocycles. The molecule has 8 nitrogen and oxygen atoms in total. The van der Waals surface area contributed by atoms with E-state index >= 15 is 0 Å². The Balaban J connectivity index is 1.21. The molecule has 2 aromatic carbocycles. The zero-order valence-electron chi connectivity index (χ0n) is 18.8. The van der Waals surface area contributed by atoms with Gasteiger partial charge in [0.2, 0.25) is 0 Å². The molecule has 8 heteroatoms. The van der Waals surface area contributed by atoms with E-state index in [1.165, 1.54) is 0 Å². The molecule has 2 aromatic rings. The molecule has 0 spiro atoms. The molecule has 0 radical (unpaired) electrons. The summed E-state index contributed by atoms with van der Waals surface area (Å²) in [6.45, 7) is 0.692. The zero-order valence-corrected chi connectivity index (χ0v) is 18.8. The molecule has 0 bridgehead atoms. The van der Waals surface area contributed by atoms with Gasteiger partial charge in [0.05, 0.1) is 12.5 Å². The van der Waals surface area contributed by atoms with Crippen molar-refractivity contribution < 1.29 is 29.0 Å². The van der Waals surface area contributed by atoms with Crippen molar-refractivity contribution in [2.45, 2.75) is 49.8 Å². The third kappa shape index (κ3) is 4.50. The zero-order chi connectivity index (χ0) is 23.7. The first-order valence-corrected chi connectivity index (χ1v) is 11.8. The van der Waals surface area contributed by atoms with Crippen LogP contribution in [0.2, 0.25) is 0 Å². The summed E-state index contributed by atoms with van der Waals surface area (Å²) in [6.07, 6.45) is 0.705. The van der Waals surface area contributed by atoms with Crippen LogP contribution < -0.4 is 5.32 Å². The van der Waals surface area contributed by atoms with Crippen LogP contribution in [0.25, 0.3) is 11.1 Å².